The summed E-state index contributed by atoms with van der Waals surface area (Å²) in [6.07, 6.45) is 0.918. The number of thioether (sulfide) groups is 1. The fourth-order valence-corrected chi connectivity index (χ4v) is 5.74. The Balaban J connectivity index is 2.43. The monoisotopic (exact) mass is 315 g/mol. The minimum atomic E-state index is -3.46. The van der Waals surface area contributed by atoms with Gasteiger partial charge in [-0.1, -0.05) is 0 Å². The molecule has 1 aliphatic rings. The summed E-state index contributed by atoms with van der Waals surface area (Å²) in [4.78, 5) is 0.399. The van der Waals surface area contributed by atoms with Crippen LogP contribution in [-0.2, 0) is 10.0 Å². The lowest BCUT2D eigenvalue weighted by Crippen LogP contribution is -2.37. The molecule has 1 atom stereocenters. The first-order valence-electron chi connectivity index (χ1n) is 6.51. The molecule has 3 N–H and O–H groups in total. The second kappa shape index (κ2) is 5.93. The van der Waals surface area contributed by atoms with E-state index in [-0.39, 0.29) is 6.04 Å². The van der Waals surface area contributed by atoms with Gasteiger partial charge in [0.1, 0.15) is 0 Å². The van der Waals surface area contributed by atoms with Crippen molar-refractivity contribution in [2.75, 3.05) is 24.0 Å². The number of sulfonamides is 1. The third kappa shape index (κ3) is 2.81. The van der Waals surface area contributed by atoms with Crippen LogP contribution in [0, 0.1) is 13.8 Å². The van der Waals surface area contributed by atoms with Crippen LogP contribution in [0.2, 0.25) is 0 Å². The molecule has 0 bridgehead atoms. The van der Waals surface area contributed by atoms with E-state index in [0.717, 1.165) is 34.7 Å². The molecule has 112 valence electrons. The van der Waals surface area contributed by atoms with Gasteiger partial charge in [-0.2, -0.15) is 16.1 Å². The largest absolute Gasteiger partial charge is 0.324 e. The molecular weight excluding hydrogens is 294 g/mol. The zero-order valence-corrected chi connectivity index (χ0v) is 13.6. The van der Waals surface area contributed by atoms with E-state index >= 15 is 0 Å². The van der Waals surface area contributed by atoms with Crippen LogP contribution < -0.4 is 11.3 Å². The van der Waals surface area contributed by atoms with E-state index in [1.54, 1.807) is 44.8 Å². The Labute approximate surface area is 124 Å². The van der Waals surface area contributed by atoms with Crippen molar-refractivity contribution in [3.8, 4) is 0 Å². The number of benzene rings is 1. The fraction of sp³-hybridized carbons (Fsp3) is 0.538. The average molecular weight is 315 g/mol. The maximum atomic E-state index is 12.8. The molecule has 1 aliphatic heterocycles. The van der Waals surface area contributed by atoms with Crippen molar-refractivity contribution < 1.29 is 8.42 Å². The number of anilines is 1. The van der Waals surface area contributed by atoms with E-state index in [1.807, 2.05) is 0 Å². The number of nitrogens with one attached hydrogen (secondary N) is 1. The highest BCUT2D eigenvalue weighted by Gasteiger charge is 2.32. The zero-order valence-electron chi connectivity index (χ0n) is 12.0. The molecule has 1 heterocycles. The molecule has 0 radical (unpaired) electrons. The summed E-state index contributed by atoms with van der Waals surface area (Å²) in [7, 11) is -1.78. The number of rotatable bonds is 4. The Morgan fingerprint density at radius 2 is 1.95 bits per heavy atom. The maximum Gasteiger partial charge on any atom is 0.243 e. The van der Waals surface area contributed by atoms with Gasteiger partial charge in [-0.25, -0.2) is 8.42 Å². The average Bonchev–Trinajstić information content (AvgIpc) is 2.90. The summed E-state index contributed by atoms with van der Waals surface area (Å²) in [5, 5.41) is 0. The standard InChI is InChI=1S/C13H21N3O2S2/c1-9-6-11(15-14)7-10(2)13(9)20(17,18)16(3)12-4-5-19-8-12/h6-7,12,15H,4-5,8,14H2,1-3H3. The molecule has 0 aliphatic carbocycles. The van der Waals surface area contributed by atoms with Gasteiger partial charge in [0.05, 0.1) is 4.90 Å². The van der Waals surface area contributed by atoms with Crippen LogP contribution in [0.1, 0.15) is 17.5 Å². The first-order valence-corrected chi connectivity index (χ1v) is 9.11. The van der Waals surface area contributed by atoms with Crippen LogP contribution >= 0.6 is 11.8 Å². The second-order valence-corrected chi connectivity index (χ2v) is 8.21. The van der Waals surface area contributed by atoms with Gasteiger partial charge in [-0.05, 0) is 49.3 Å². The quantitative estimate of drug-likeness (QED) is 0.653. The number of aryl methyl sites for hydroxylation is 2. The molecule has 1 fully saturated rings. The van der Waals surface area contributed by atoms with Gasteiger partial charge in [0.2, 0.25) is 10.0 Å². The molecule has 0 saturated carbocycles. The number of hydrogen-bond donors (Lipinski definition) is 2. The van der Waals surface area contributed by atoms with E-state index in [1.165, 1.54) is 4.31 Å². The number of hydrazine groups is 1. The topological polar surface area (TPSA) is 75.4 Å². The third-order valence-corrected chi connectivity index (χ3v) is 7.05. The zero-order chi connectivity index (χ0) is 14.9. The van der Waals surface area contributed by atoms with Crippen molar-refractivity contribution >= 4 is 27.5 Å². The highest BCUT2D eigenvalue weighted by molar-refractivity contribution is 7.99. The maximum absolute atomic E-state index is 12.8. The summed E-state index contributed by atoms with van der Waals surface area (Å²) < 4.78 is 27.2. The van der Waals surface area contributed by atoms with Gasteiger partial charge in [0.25, 0.3) is 0 Å². The minimum absolute atomic E-state index is 0.0936. The lowest BCUT2D eigenvalue weighted by atomic mass is 10.1. The van der Waals surface area contributed by atoms with Crippen molar-refractivity contribution in [3.05, 3.63) is 23.3 Å². The number of nitrogen functional groups attached to an aromatic ring is 1. The molecule has 5 nitrogen and oxygen atoms in total. The van der Waals surface area contributed by atoms with Gasteiger partial charge in [0, 0.05) is 24.5 Å². The number of nitrogens with zero attached hydrogens (tertiary/aromatic N) is 1. The van der Waals surface area contributed by atoms with E-state index in [4.69, 9.17) is 5.84 Å². The summed E-state index contributed by atoms with van der Waals surface area (Å²) >= 11 is 1.80. The second-order valence-electron chi connectivity index (χ2n) is 5.12. The van der Waals surface area contributed by atoms with Gasteiger partial charge >= 0.3 is 0 Å². The van der Waals surface area contributed by atoms with Crippen LogP contribution in [0.4, 0.5) is 5.69 Å². The molecule has 1 aromatic carbocycles. The Kier molecular flexibility index (Phi) is 4.63. The molecule has 7 heteroatoms. The molecule has 0 amide bonds. The molecule has 2 rings (SSSR count). The SMILES string of the molecule is Cc1cc(NN)cc(C)c1S(=O)(=O)N(C)C1CCSC1. The Bertz CT molecular complexity index is 573. The predicted molar refractivity (Wildman–Crippen MR) is 84.4 cm³/mol. The molecule has 0 aromatic heterocycles. The summed E-state index contributed by atoms with van der Waals surface area (Å²) in [6, 6.07) is 3.62. The predicted octanol–water partition coefficient (Wildman–Crippen LogP) is 1.72. The van der Waals surface area contributed by atoms with E-state index < -0.39 is 10.0 Å². The van der Waals surface area contributed by atoms with Gasteiger partial charge in [-0.3, -0.25) is 5.84 Å². The van der Waals surface area contributed by atoms with E-state index in [0.29, 0.717) is 4.90 Å². The van der Waals surface area contributed by atoms with Crippen molar-refractivity contribution in [2.45, 2.75) is 31.2 Å². The first-order chi connectivity index (χ1) is 9.37. The summed E-state index contributed by atoms with van der Waals surface area (Å²) in [5.41, 5.74) is 4.72. The highest BCUT2D eigenvalue weighted by atomic mass is 32.2. The van der Waals surface area contributed by atoms with Crippen LogP contribution in [0.25, 0.3) is 0 Å². The molecule has 1 saturated heterocycles. The Morgan fingerprint density at radius 3 is 2.40 bits per heavy atom. The molecule has 0 spiro atoms. The molecule has 1 aromatic rings. The molecular formula is C13H21N3O2S2. The summed E-state index contributed by atoms with van der Waals surface area (Å²) in [6.45, 7) is 3.61. The molecule has 1 unspecified atom stereocenters. The summed E-state index contributed by atoms with van der Waals surface area (Å²) in [5.74, 6) is 7.29. The van der Waals surface area contributed by atoms with E-state index in [9.17, 15) is 8.42 Å². The Morgan fingerprint density at radius 1 is 1.35 bits per heavy atom. The normalized spacial score (nSPS) is 19.6. The van der Waals surface area contributed by atoms with Crippen LogP contribution in [0.3, 0.4) is 0 Å². The Hall–Kier alpha value is -0.760. The smallest absolute Gasteiger partial charge is 0.243 e. The highest BCUT2D eigenvalue weighted by Crippen LogP contribution is 2.30. The molecule has 20 heavy (non-hydrogen) atoms. The number of hydrogen-bond acceptors (Lipinski definition) is 5. The minimum Gasteiger partial charge on any atom is -0.324 e. The van der Waals surface area contributed by atoms with Crippen molar-refractivity contribution in [2.24, 2.45) is 5.84 Å². The van der Waals surface area contributed by atoms with Crippen LogP contribution in [0.15, 0.2) is 17.0 Å². The van der Waals surface area contributed by atoms with E-state index in [2.05, 4.69) is 5.43 Å². The van der Waals surface area contributed by atoms with Crippen molar-refractivity contribution in [3.63, 3.8) is 0 Å². The number of nitrogens with two attached hydrogens (primary N) is 1. The first kappa shape index (κ1) is 15.6. The fourth-order valence-electron chi connectivity index (χ4n) is 2.59. The van der Waals surface area contributed by atoms with Gasteiger partial charge < -0.3 is 5.43 Å². The lowest BCUT2D eigenvalue weighted by Gasteiger charge is -2.25. The van der Waals surface area contributed by atoms with Crippen LogP contribution in [0.5, 0.6) is 0 Å². The van der Waals surface area contributed by atoms with Crippen LogP contribution in [-0.4, -0.2) is 37.3 Å². The third-order valence-electron chi connectivity index (χ3n) is 3.68. The van der Waals surface area contributed by atoms with Gasteiger partial charge in [0.15, 0.2) is 0 Å². The van der Waals surface area contributed by atoms with Crippen molar-refractivity contribution in [1.29, 1.82) is 0 Å². The van der Waals surface area contributed by atoms with Gasteiger partial charge in [-0.15, -0.1) is 0 Å². The lowest BCUT2D eigenvalue weighted by molar-refractivity contribution is 0.394. The van der Waals surface area contributed by atoms with Crippen molar-refractivity contribution in [1.82, 2.24) is 4.31 Å².